The molecule has 0 bridgehead atoms. The summed E-state index contributed by atoms with van der Waals surface area (Å²) in [4.78, 5) is 64.2. The van der Waals surface area contributed by atoms with Gasteiger partial charge in [0.2, 0.25) is 0 Å². The number of para-hydroxylation sites is 2. The fourth-order valence-electron chi connectivity index (χ4n) is 11.0. The molecule has 0 saturated carbocycles. The number of fused-ring (bicyclic) bond motifs is 2. The second-order valence-corrected chi connectivity index (χ2v) is 22.6. The molecule has 4 aromatic carbocycles. The molecular weight excluding hydrogens is 1060 g/mol. The molecule has 2 aromatic heterocycles. The topological polar surface area (TPSA) is 249 Å². The summed E-state index contributed by atoms with van der Waals surface area (Å²) >= 11 is 0. The molecule has 10 rings (SSSR count). The van der Waals surface area contributed by atoms with Gasteiger partial charge in [-0.3, -0.25) is 0 Å². The maximum absolute atomic E-state index is 13.1. The molecule has 2 unspecified atom stereocenters. The Labute approximate surface area is 496 Å². The van der Waals surface area contributed by atoms with Crippen molar-refractivity contribution in [2.24, 2.45) is 11.8 Å². The number of methoxy groups -OCH3 is 3. The number of benzene rings is 4. The summed E-state index contributed by atoms with van der Waals surface area (Å²) in [5.41, 5.74) is 8.17. The molecule has 2 fully saturated rings. The summed E-state index contributed by atoms with van der Waals surface area (Å²) in [7, 11) is 4.50. The van der Waals surface area contributed by atoms with Gasteiger partial charge in [0.25, 0.3) is 0 Å². The molecule has 83 heavy (non-hydrogen) atoms. The summed E-state index contributed by atoms with van der Waals surface area (Å²) < 4.78 is 43.0. The molecule has 22 heteroatoms. The molecule has 2 saturated heterocycles. The molecule has 6 heterocycles. The van der Waals surface area contributed by atoms with Crippen molar-refractivity contribution < 1.29 is 81.8 Å². The fraction of sp³-hybridized carbons (Fsp3) is 0.443. The van der Waals surface area contributed by atoms with Crippen molar-refractivity contribution in [3.63, 3.8) is 0 Å². The molecule has 4 aliphatic heterocycles. The Kier molecular flexibility index (Phi) is 20.4. The van der Waals surface area contributed by atoms with Crippen LogP contribution in [0.2, 0.25) is 0 Å². The van der Waals surface area contributed by atoms with Gasteiger partial charge in [-0.05, 0) is 153 Å². The van der Waals surface area contributed by atoms with Gasteiger partial charge in [0, 0.05) is 62.2 Å². The SMILES string of the molecule is COC(=O)c1c(-c2ccc(Oc3ccccc3)c(OC)c2)nc2n1NCCC2C1CCN(C(=O)OC(C)(C)C)CC1.COc1cc(-c2nc3n(c2C(=O)O)NCCC3C2CCN(C(=O)OC(C)(C)C)CC2)ccc1Oc1ccccc1.[Li+].[OH-]. The van der Waals surface area contributed by atoms with Gasteiger partial charge in [0.05, 0.1) is 21.3 Å². The van der Waals surface area contributed by atoms with Crippen LogP contribution in [0.4, 0.5) is 9.59 Å². The second-order valence-electron chi connectivity index (χ2n) is 22.6. The molecule has 0 spiro atoms. The van der Waals surface area contributed by atoms with Gasteiger partial charge in [-0.25, -0.2) is 38.5 Å². The van der Waals surface area contributed by atoms with E-state index in [9.17, 15) is 24.3 Å². The van der Waals surface area contributed by atoms with Crippen LogP contribution < -0.4 is 48.7 Å². The van der Waals surface area contributed by atoms with Gasteiger partial charge in [-0.1, -0.05) is 36.4 Å². The van der Waals surface area contributed by atoms with E-state index in [1.807, 2.05) is 120 Å². The summed E-state index contributed by atoms with van der Waals surface area (Å²) in [5, 5.41) is 10.2. The van der Waals surface area contributed by atoms with Crippen molar-refractivity contribution in [3.05, 3.63) is 120 Å². The molecule has 0 aliphatic carbocycles. The number of rotatable bonds is 12. The molecule has 21 nitrogen and oxygen atoms in total. The minimum atomic E-state index is -1.06. The third kappa shape index (κ3) is 14.7. The van der Waals surface area contributed by atoms with Crippen LogP contribution in [-0.2, 0) is 14.2 Å². The number of carbonyl (C=O) groups is 4. The first-order chi connectivity index (χ1) is 38.8. The average molecular weight is 1140 g/mol. The van der Waals surface area contributed by atoms with E-state index >= 15 is 0 Å². The molecule has 2 amide bonds. The van der Waals surface area contributed by atoms with Crippen molar-refractivity contribution in [2.75, 3.05) is 71.4 Å². The normalized spacial score (nSPS) is 17.0. The number of imidazole rings is 2. The van der Waals surface area contributed by atoms with E-state index < -0.39 is 23.1 Å². The maximum atomic E-state index is 13.1. The summed E-state index contributed by atoms with van der Waals surface area (Å²) in [6.07, 6.45) is 4.41. The zero-order valence-electron chi connectivity index (χ0n) is 49.1. The number of nitrogens with one attached hydrogen (secondary N) is 2. The van der Waals surface area contributed by atoms with Crippen molar-refractivity contribution in [3.8, 4) is 57.0 Å². The Bertz CT molecular complexity index is 3200. The number of hydrogen-bond donors (Lipinski definition) is 3. The number of carboxylic acid groups (broad SMARTS) is 1. The van der Waals surface area contributed by atoms with E-state index in [-0.39, 0.29) is 60.0 Å². The molecule has 4 N–H and O–H groups in total. The zero-order valence-corrected chi connectivity index (χ0v) is 49.1. The van der Waals surface area contributed by atoms with E-state index in [1.54, 1.807) is 51.6 Å². The first-order valence-electron chi connectivity index (χ1n) is 27.7. The minimum Gasteiger partial charge on any atom is -0.870 e. The standard InChI is InChI=1S/C31H38N4O6.C30H36N4O6.Li.H2O/c1-31(2,3)41-30(37)34-17-14-20(15-18-34)23-13-16-32-35-27(29(36)39-5)26(33-28(23)35)21-11-12-24(25(19-21)38-4)40-22-9-7-6-8-10-22;1-30(2,3)40-29(37)33-16-13-19(14-17-33)22-12-15-31-34-26(28(35)36)25(32-27(22)34)20-10-11-23(24(18-20)38-4)39-21-8-6-5-7-9-21;;/h6-12,19-20,23,32H,13-18H2,1-5H3;5-11,18-19,22,31H,12-17H2,1-4H3,(H,35,36);;1H2/q;;+1;/p-1. The van der Waals surface area contributed by atoms with Crippen LogP contribution >= 0.6 is 0 Å². The van der Waals surface area contributed by atoms with Crippen molar-refractivity contribution in [2.45, 2.75) is 103 Å². The van der Waals surface area contributed by atoms with E-state index in [0.29, 0.717) is 114 Å². The number of likely N-dealkylation sites (tertiary alicyclic amines) is 2. The largest absolute Gasteiger partial charge is 1.00 e. The number of ether oxygens (including phenoxy) is 7. The Morgan fingerprint density at radius 2 is 0.928 bits per heavy atom. The zero-order chi connectivity index (χ0) is 57.6. The molecular formula is C61H75LiN8O13. The third-order valence-corrected chi connectivity index (χ3v) is 14.8. The van der Waals surface area contributed by atoms with Crippen LogP contribution in [0.15, 0.2) is 97.1 Å². The number of aromatic nitrogens is 4. The fourth-order valence-corrected chi connectivity index (χ4v) is 11.0. The average Bonchev–Trinajstić information content (AvgIpc) is 4.30. The first kappa shape index (κ1) is 62.7. The van der Waals surface area contributed by atoms with Gasteiger partial charge in [0.1, 0.15) is 45.7 Å². The van der Waals surface area contributed by atoms with E-state index in [4.69, 9.17) is 43.1 Å². The quantitative estimate of drug-likeness (QED) is 0.0591. The van der Waals surface area contributed by atoms with Crippen LogP contribution in [0.25, 0.3) is 22.5 Å². The smallest absolute Gasteiger partial charge is 0.870 e. The second kappa shape index (κ2) is 27.0. The Morgan fingerprint density at radius 1 is 0.542 bits per heavy atom. The van der Waals surface area contributed by atoms with E-state index in [2.05, 4.69) is 10.9 Å². The predicted octanol–water partition coefficient (Wildman–Crippen LogP) is 8.37. The van der Waals surface area contributed by atoms with Crippen LogP contribution in [0.1, 0.15) is 125 Å². The predicted molar refractivity (Wildman–Crippen MR) is 306 cm³/mol. The molecule has 0 radical (unpaired) electrons. The summed E-state index contributed by atoms with van der Waals surface area (Å²) in [6, 6.07) is 29.7. The Hall–Kier alpha value is -7.86. The van der Waals surface area contributed by atoms with Gasteiger partial charge < -0.3 is 64.4 Å². The number of piperidine rings is 2. The van der Waals surface area contributed by atoms with Gasteiger partial charge in [-0.15, -0.1) is 0 Å². The third-order valence-electron chi connectivity index (χ3n) is 14.8. The van der Waals surface area contributed by atoms with E-state index in [0.717, 1.165) is 44.3 Å². The summed E-state index contributed by atoms with van der Waals surface area (Å²) in [5.74, 6) is 4.16. The van der Waals surface area contributed by atoms with Crippen LogP contribution in [0.5, 0.6) is 34.5 Å². The van der Waals surface area contributed by atoms with Crippen molar-refractivity contribution >= 4 is 24.1 Å². The van der Waals surface area contributed by atoms with Gasteiger partial charge >= 0.3 is 43.0 Å². The number of amides is 2. The molecule has 4 aliphatic rings. The number of carboxylic acids is 1. The van der Waals surface area contributed by atoms with E-state index in [1.165, 1.54) is 7.11 Å². The minimum absolute atomic E-state index is 0. The number of aromatic carboxylic acids is 1. The Balaban J connectivity index is 0.000000233. The molecule has 2 atom stereocenters. The van der Waals surface area contributed by atoms with Crippen molar-refractivity contribution in [1.29, 1.82) is 0 Å². The van der Waals surface area contributed by atoms with Crippen LogP contribution in [-0.4, -0.2) is 136 Å². The number of nitrogens with zero attached hydrogens (tertiary/aromatic N) is 6. The number of hydrogen-bond acceptors (Lipinski definition) is 16. The molecule has 6 aromatic rings. The number of esters is 1. The first-order valence-corrected chi connectivity index (χ1v) is 27.7. The van der Waals surface area contributed by atoms with Crippen LogP contribution in [0.3, 0.4) is 0 Å². The molecule has 438 valence electrons. The summed E-state index contributed by atoms with van der Waals surface area (Å²) in [6.45, 7) is 15.0. The van der Waals surface area contributed by atoms with Gasteiger partial charge in [0.15, 0.2) is 34.4 Å². The van der Waals surface area contributed by atoms with Crippen LogP contribution in [0, 0.1) is 11.8 Å². The monoisotopic (exact) mass is 1130 g/mol. The Morgan fingerprint density at radius 3 is 1.29 bits per heavy atom. The maximum Gasteiger partial charge on any atom is 1.00 e. The number of carbonyl (C=O) groups excluding carboxylic acids is 3. The van der Waals surface area contributed by atoms with Crippen molar-refractivity contribution in [1.82, 2.24) is 29.1 Å². The van der Waals surface area contributed by atoms with Gasteiger partial charge in [-0.2, -0.15) is 0 Å².